The van der Waals surface area contributed by atoms with E-state index in [2.05, 4.69) is 4.98 Å². The van der Waals surface area contributed by atoms with E-state index in [1.807, 2.05) is 11.8 Å². The number of hydrogen-bond donors (Lipinski definition) is 2. The minimum Gasteiger partial charge on any atom is -0.466 e. The number of anilines is 1. The van der Waals surface area contributed by atoms with Gasteiger partial charge in [0.25, 0.3) is 5.56 Å². The maximum absolute atomic E-state index is 12.6. The number of nitrogens with two attached hydrogens (primary N) is 1. The van der Waals surface area contributed by atoms with E-state index in [1.165, 1.54) is 4.57 Å². The molecule has 1 aliphatic rings. The van der Waals surface area contributed by atoms with Gasteiger partial charge in [-0.05, 0) is 39.3 Å². The fraction of sp³-hybridized carbons (Fsp3) is 0.647. The molecule has 0 saturated carbocycles. The maximum Gasteiger partial charge on any atom is 0.329 e. The number of aromatic nitrogens is 2. The lowest BCUT2D eigenvalue weighted by Gasteiger charge is -2.30. The standard InChI is InChI=1S/C17H26N4O5/c1-3-7-21-14(18)13(15(23)19-17(21)25)12(22)10-20-8-5-11(6-9-20)16(24)26-4-2/h11H,3-10,18H2,1-2H3,(H,19,23,25). The van der Waals surface area contributed by atoms with Crippen LogP contribution in [0.3, 0.4) is 0 Å². The Morgan fingerprint density at radius 1 is 1.23 bits per heavy atom. The van der Waals surface area contributed by atoms with Crippen molar-refractivity contribution < 1.29 is 14.3 Å². The number of carbonyl (C=O) groups is 2. The lowest BCUT2D eigenvalue weighted by atomic mass is 9.96. The molecule has 9 heteroatoms. The van der Waals surface area contributed by atoms with Crippen molar-refractivity contribution in [3.05, 3.63) is 26.4 Å². The fourth-order valence-corrected chi connectivity index (χ4v) is 3.17. The second-order valence-electron chi connectivity index (χ2n) is 6.40. The van der Waals surface area contributed by atoms with E-state index in [-0.39, 0.29) is 29.8 Å². The van der Waals surface area contributed by atoms with Gasteiger partial charge in [0.2, 0.25) is 0 Å². The number of esters is 1. The topological polar surface area (TPSA) is 127 Å². The van der Waals surface area contributed by atoms with Gasteiger partial charge in [-0.2, -0.15) is 0 Å². The second kappa shape index (κ2) is 8.79. The largest absolute Gasteiger partial charge is 0.466 e. The summed E-state index contributed by atoms with van der Waals surface area (Å²) in [7, 11) is 0. The molecule has 2 heterocycles. The second-order valence-corrected chi connectivity index (χ2v) is 6.40. The van der Waals surface area contributed by atoms with Crippen molar-refractivity contribution in [3.63, 3.8) is 0 Å². The Bertz CT molecular complexity index is 774. The summed E-state index contributed by atoms with van der Waals surface area (Å²) in [6.45, 7) is 5.45. The van der Waals surface area contributed by atoms with Crippen LogP contribution in [0, 0.1) is 5.92 Å². The number of likely N-dealkylation sites (tertiary alicyclic amines) is 1. The van der Waals surface area contributed by atoms with Crippen LogP contribution in [0.4, 0.5) is 5.82 Å². The highest BCUT2D eigenvalue weighted by Crippen LogP contribution is 2.19. The van der Waals surface area contributed by atoms with Crippen LogP contribution in [0.25, 0.3) is 0 Å². The van der Waals surface area contributed by atoms with Gasteiger partial charge >= 0.3 is 11.7 Å². The van der Waals surface area contributed by atoms with Crippen LogP contribution in [0.1, 0.15) is 43.5 Å². The first-order valence-corrected chi connectivity index (χ1v) is 8.93. The molecule has 144 valence electrons. The Morgan fingerprint density at radius 3 is 2.46 bits per heavy atom. The lowest BCUT2D eigenvalue weighted by molar-refractivity contribution is -0.149. The monoisotopic (exact) mass is 366 g/mol. The number of aromatic amines is 1. The van der Waals surface area contributed by atoms with Gasteiger partial charge in [-0.15, -0.1) is 0 Å². The molecule has 1 fully saturated rings. The van der Waals surface area contributed by atoms with Crippen molar-refractivity contribution in [1.82, 2.24) is 14.5 Å². The van der Waals surface area contributed by atoms with E-state index >= 15 is 0 Å². The third kappa shape index (κ3) is 4.40. The van der Waals surface area contributed by atoms with Crippen molar-refractivity contribution in [1.29, 1.82) is 0 Å². The molecule has 0 spiro atoms. The highest BCUT2D eigenvalue weighted by Gasteiger charge is 2.28. The van der Waals surface area contributed by atoms with E-state index in [0.717, 1.165) is 0 Å². The number of piperidine rings is 1. The van der Waals surface area contributed by atoms with Crippen molar-refractivity contribution in [3.8, 4) is 0 Å². The number of nitrogens with one attached hydrogen (secondary N) is 1. The van der Waals surface area contributed by atoms with Gasteiger partial charge in [0.15, 0.2) is 5.78 Å². The zero-order valence-corrected chi connectivity index (χ0v) is 15.2. The highest BCUT2D eigenvalue weighted by atomic mass is 16.5. The maximum atomic E-state index is 12.6. The van der Waals surface area contributed by atoms with Gasteiger partial charge < -0.3 is 10.5 Å². The molecule has 0 atom stereocenters. The number of Topliss-reactive ketones (excluding diaryl/α,β-unsaturated/α-hetero) is 1. The van der Waals surface area contributed by atoms with Crippen molar-refractivity contribution in [2.45, 2.75) is 39.7 Å². The quantitative estimate of drug-likeness (QED) is 0.513. The summed E-state index contributed by atoms with van der Waals surface area (Å²) in [6.07, 6.45) is 1.85. The summed E-state index contributed by atoms with van der Waals surface area (Å²) in [4.78, 5) is 52.3. The van der Waals surface area contributed by atoms with Crippen LogP contribution >= 0.6 is 0 Å². The normalized spacial score (nSPS) is 15.8. The van der Waals surface area contributed by atoms with Gasteiger partial charge in [-0.1, -0.05) is 6.92 Å². The summed E-state index contributed by atoms with van der Waals surface area (Å²) in [5.41, 5.74) is 4.37. The molecule has 0 aliphatic carbocycles. The van der Waals surface area contributed by atoms with Gasteiger partial charge in [0.1, 0.15) is 11.4 Å². The number of nitrogen functional groups attached to an aromatic ring is 1. The first kappa shape index (κ1) is 19.9. The number of rotatable bonds is 7. The number of nitrogens with zero attached hydrogens (tertiary/aromatic N) is 2. The molecule has 2 rings (SSSR count). The predicted octanol–water partition coefficient (Wildman–Crippen LogP) is -0.0134. The minimum atomic E-state index is -0.758. The summed E-state index contributed by atoms with van der Waals surface area (Å²) >= 11 is 0. The number of H-pyrrole nitrogens is 1. The van der Waals surface area contributed by atoms with E-state index in [4.69, 9.17) is 10.5 Å². The number of hydrogen-bond acceptors (Lipinski definition) is 7. The van der Waals surface area contributed by atoms with Crippen LogP contribution in [0.15, 0.2) is 9.59 Å². The molecule has 0 aromatic carbocycles. The molecule has 0 amide bonds. The first-order chi connectivity index (χ1) is 12.4. The third-order valence-corrected chi connectivity index (χ3v) is 4.54. The summed E-state index contributed by atoms with van der Waals surface area (Å²) in [6, 6.07) is 0. The average molecular weight is 366 g/mol. The molecule has 1 aliphatic heterocycles. The summed E-state index contributed by atoms with van der Waals surface area (Å²) in [5.74, 6) is -0.873. The molecule has 1 saturated heterocycles. The molecule has 0 radical (unpaired) electrons. The van der Waals surface area contributed by atoms with E-state index in [9.17, 15) is 19.2 Å². The lowest BCUT2D eigenvalue weighted by Crippen LogP contribution is -2.42. The fourth-order valence-electron chi connectivity index (χ4n) is 3.17. The zero-order valence-electron chi connectivity index (χ0n) is 15.2. The SMILES string of the molecule is CCCn1c(N)c(C(=O)CN2CCC(C(=O)OCC)CC2)c(=O)[nH]c1=O. The van der Waals surface area contributed by atoms with Crippen molar-refractivity contribution >= 4 is 17.6 Å². The minimum absolute atomic E-state index is 0.0210. The molecule has 3 N–H and O–H groups in total. The molecular formula is C17H26N4O5. The molecule has 1 aromatic heterocycles. The van der Waals surface area contributed by atoms with Crippen LogP contribution in [0.2, 0.25) is 0 Å². The van der Waals surface area contributed by atoms with E-state index in [1.54, 1.807) is 6.92 Å². The average Bonchev–Trinajstić information content (AvgIpc) is 2.59. The molecule has 0 bridgehead atoms. The first-order valence-electron chi connectivity index (χ1n) is 8.93. The van der Waals surface area contributed by atoms with E-state index in [0.29, 0.717) is 45.5 Å². The number of ether oxygens (including phenoxy) is 1. The third-order valence-electron chi connectivity index (χ3n) is 4.54. The Hall–Kier alpha value is -2.42. The summed E-state index contributed by atoms with van der Waals surface area (Å²) < 4.78 is 6.24. The molecule has 9 nitrogen and oxygen atoms in total. The van der Waals surface area contributed by atoms with E-state index < -0.39 is 17.0 Å². The van der Waals surface area contributed by atoms with Gasteiger partial charge in [-0.25, -0.2) is 4.79 Å². The van der Waals surface area contributed by atoms with Gasteiger partial charge in [0.05, 0.1) is 19.1 Å². The van der Waals surface area contributed by atoms with Crippen LogP contribution in [0.5, 0.6) is 0 Å². The Kier molecular flexibility index (Phi) is 6.73. The molecule has 26 heavy (non-hydrogen) atoms. The number of carbonyl (C=O) groups excluding carboxylic acids is 2. The van der Waals surface area contributed by atoms with Crippen molar-refractivity contribution in [2.75, 3.05) is 32.0 Å². The van der Waals surface area contributed by atoms with Crippen LogP contribution < -0.4 is 17.0 Å². The molecule has 0 unspecified atom stereocenters. The molecule has 1 aromatic rings. The van der Waals surface area contributed by atoms with Gasteiger partial charge in [0, 0.05) is 6.54 Å². The summed E-state index contributed by atoms with van der Waals surface area (Å²) in [5, 5.41) is 0. The zero-order chi connectivity index (χ0) is 19.3. The van der Waals surface area contributed by atoms with Crippen molar-refractivity contribution in [2.24, 2.45) is 5.92 Å². The van der Waals surface area contributed by atoms with Gasteiger partial charge in [-0.3, -0.25) is 28.8 Å². The Balaban J connectivity index is 2.07. The molecular weight excluding hydrogens is 340 g/mol. The van der Waals surface area contributed by atoms with Crippen LogP contribution in [-0.2, 0) is 16.1 Å². The Morgan fingerprint density at radius 2 is 1.88 bits per heavy atom. The predicted molar refractivity (Wildman–Crippen MR) is 96.2 cm³/mol. The smallest absolute Gasteiger partial charge is 0.329 e. The Labute approximate surface area is 151 Å². The van der Waals surface area contributed by atoms with Crippen LogP contribution in [-0.4, -0.2) is 52.4 Å². The number of ketones is 1. The highest BCUT2D eigenvalue weighted by molar-refractivity contribution is 6.01.